The second-order valence-electron chi connectivity index (χ2n) is 12.2. The van der Waals surface area contributed by atoms with Crippen LogP contribution in [0.15, 0.2) is 54.0 Å². The zero-order valence-corrected chi connectivity index (χ0v) is 25.6. The van der Waals surface area contributed by atoms with Gasteiger partial charge in [0.2, 0.25) is 5.91 Å². The number of aliphatic hydroxyl groups is 2. The predicted octanol–water partition coefficient (Wildman–Crippen LogP) is 3.18. The maximum Gasteiger partial charge on any atom is 0.249 e. The molecular formula is C31H38N5O5P. The Kier molecular flexibility index (Phi) is 6.94. The fraction of sp³-hybridized carbons (Fsp3) is 0.387. The van der Waals surface area contributed by atoms with Gasteiger partial charge in [-0.25, -0.2) is 4.98 Å². The zero-order valence-electron chi connectivity index (χ0n) is 24.5. The van der Waals surface area contributed by atoms with Crippen LogP contribution >= 0.6 is 9.24 Å². The van der Waals surface area contributed by atoms with E-state index in [2.05, 4.69) is 20.8 Å². The molecular weight excluding hydrogens is 553 g/mol. The minimum absolute atomic E-state index is 0.0820. The number of fused-ring (bicyclic) bond motifs is 3. The van der Waals surface area contributed by atoms with Crippen LogP contribution in [0.3, 0.4) is 0 Å². The number of Topliss-reactive ketones (excluding diaryl/α,β-unsaturated/α-hetero) is 1. The molecule has 222 valence electrons. The molecule has 2 aromatic rings. The summed E-state index contributed by atoms with van der Waals surface area (Å²) in [5.41, 5.74) is 13.0. The van der Waals surface area contributed by atoms with E-state index in [0.29, 0.717) is 35.3 Å². The van der Waals surface area contributed by atoms with Crippen LogP contribution in [-0.4, -0.2) is 76.3 Å². The molecule has 0 radical (unpaired) electrons. The van der Waals surface area contributed by atoms with Gasteiger partial charge in [0.15, 0.2) is 5.78 Å². The summed E-state index contributed by atoms with van der Waals surface area (Å²) >= 11 is 0. The number of hydrogen-bond donors (Lipinski definition) is 5. The van der Waals surface area contributed by atoms with E-state index < -0.39 is 40.1 Å². The van der Waals surface area contributed by atoms with Gasteiger partial charge in [-0.2, -0.15) is 0 Å². The first-order valence-corrected chi connectivity index (χ1v) is 14.3. The van der Waals surface area contributed by atoms with Crippen LogP contribution in [0.1, 0.15) is 24.5 Å². The lowest BCUT2D eigenvalue weighted by Crippen LogP contribution is -2.66. The molecule has 0 aliphatic heterocycles. The highest BCUT2D eigenvalue weighted by Gasteiger charge is 2.67. The Bertz CT molecular complexity index is 1600. The number of pyridine rings is 1. The van der Waals surface area contributed by atoms with Crippen LogP contribution < -0.4 is 16.4 Å². The average molecular weight is 592 g/mol. The van der Waals surface area contributed by atoms with Crippen molar-refractivity contribution in [2.45, 2.75) is 31.0 Å². The number of allylic oxidation sites excluding steroid dienone is 2. The first-order valence-electron chi connectivity index (χ1n) is 13.7. The van der Waals surface area contributed by atoms with E-state index in [4.69, 9.17) is 11.5 Å². The topological polar surface area (TPSA) is 166 Å². The highest BCUT2D eigenvalue weighted by atomic mass is 31.0. The number of amides is 1. The molecule has 1 fully saturated rings. The third-order valence-corrected chi connectivity index (χ3v) is 10.9. The second kappa shape index (κ2) is 9.85. The van der Waals surface area contributed by atoms with Gasteiger partial charge in [-0.15, -0.1) is 15.8 Å². The number of aromatic nitrogens is 1. The molecule has 42 heavy (non-hydrogen) atoms. The molecule has 0 spiro atoms. The van der Waals surface area contributed by atoms with E-state index in [1.807, 2.05) is 25.1 Å². The van der Waals surface area contributed by atoms with Crippen LogP contribution in [0.4, 0.5) is 11.5 Å². The van der Waals surface area contributed by atoms with Crippen molar-refractivity contribution in [3.8, 4) is 16.9 Å². The van der Waals surface area contributed by atoms with Gasteiger partial charge >= 0.3 is 0 Å². The molecule has 1 unspecified atom stereocenters. The van der Waals surface area contributed by atoms with Crippen molar-refractivity contribution >= 4 is 38.2 Å². The molecule has 1 heterocycles. The lowest BCUT2D eigenvalue weighted by molar-refractivity contribution is -0.127. The molecule has 7 N–H and O–H groups in total. The Morgan fingerprint density at radius 2 is 1.88 bits per heavy atom. The molecule has 6 atom stereocenters. The predicted molar refractivity (Wildman–Crippen MR) is 167 cm³/mol. The number of nitrogens with zero attached hydrogens (tertiary/aromatic N) is 3. The van der Waals surface area contributed by atoms with Crippen LogP contribution in [0.5, 0.6) is 5.75 Å². The lowest BCUT2D eigenvalue weighted by Gasteiger charge is -2.59. The number of aliphatic hydroxyl groups excluding tert-OH is 2. The Hall–Kier alpha value is -3.88. The Labute approximate surface area is 247 Å². The van der Waals surface area contributed by atoms with Crippen molar-refractivity contribution in [3.63, 3.8) is 0 Å². The standard InChI is InChI=1S/C31H38N5O5P/c1-7-30(2)23(29(33)41)27(39)24(36(5)6)18-11-15-10-17-19(35(3)4)12-16(14-8-9-20(32)34-13-14)25(37)22(17)26(38)21(15)28(40)31(18,30)42/h7-9,12-13,15,18,24,37-39H,1,10-11,42H2,2-6H3,(H2,32,34)(H2,33,41)/t15-,18-,24-,30+,31-/m0/s1. The maximum absolute atomic E-state index is 14.8. The van der Waals surface area contributed by atoms with Crippen molar-refractivity contribution < 1.29 is 24.9 Å². The second-order valence-corrected chi connectivity index (χ2v) is 13.1. The number of benzene rings is 1. The number of nitrogen functional groups attached to an aromatic ring is 1. The summed E-state index contributed by atoms with van der Waals surface area (Å²) in [6, 6.07) is 4.51. The highest BCUT2D eigenvalue weighted by molar-refractivity contribution is 7.21. The largest absolute Gasteiger partial charge is 0.510 e. The van der Waals surface area contributed by atoms with Crippen molar-refractivity contribution in [2.75, 3.05) is 38.8 Å². The SMILES string of the molecule is C=C[C@]1(C)C(C(N)=O)=C(O)[C@@H](N(C)C)[C@@H]2C[C@@H]3Cc4c(N(C)C)cc(-c5ccc(N)nc5)c(O)c4C(O)=C3C(=O)[C@@]21P. The number of anilines is 2. The number of hydrogen-bond acceptors (Lipinski definition) is 9. The maximum atomic E-state index is 14.8. The number of primary amides is 1. The number of phenols is 1. The minimum Gasteiger partial charge on any atom is -0.510 e. The lowest BCUT2D eigenvalue weighted by atomic mass is 9.50. The van der Waals surface area contributed by atoms with Gasteiger partial charge in [-0.05, 0) is 62.5 Å². The molecule has 0 saturated heterocycles. The Balaban J connectivity index is 1.80. The monoisotopic (exact) mass is 591 g/mol. The molecule has 1 amide bonds. The molecule has 10 nitrogen and oxygen atoms in total. The normalized spacial score (nSPS) is 28.7. The van der Waals surface area contributed by atoms with Crippen molar-refractivity contribution in [1.82, 2.24) is 9.88 Å². The highest BCUT2D eigenvalue weighted by Crippen LogP contribution is 2.64. The van der Waals surface area contributed by atoms with Gasteiger partial charge in [-0.1, -0.05) is 13.0 Å². The number of carbonyl (C=O) groups is 2. The summed E-state index contributed by atoms with van der Waals surface area (Å²) in [7, 11) is 9.96. The van der Waals surface area contributed by atoms with Gasteiger partial charge in [0, 0.05) is 48.1 Å². The van der Waals surface area contributed by atoms with E-state index in [0.717, 1.165) is 5.69 Å². The smallest absolute Gasteiger partial charge is 0.249 e. The summed E-state index contributed by atoms with van der Waals surface area (Å²) in [5, 5.41) is 33.6. The Morgan fingerprint density at radius 3 is 2.40 bits per heavy atom. The number of aromatic hydroxyl groups is 1. The summed E-state index contributed by atoms with van der Waals surface area (Å²) in [6.07, 6.45) is 3.81. The number of rotatable bonds is 5. The van der Waals surface area contributed by atoms with E-state index in [1.165, 1.54) is 6.08 Å². The molecule has 1 aromatic carbocycles. The Morgan fingerprint density at radius 1 is 1.21 bits per heavy atom. The van der Waals surface area contributed by atoms with Crippen LogP contribution in [0, 0.1) is 17.3 Å². The van der Waals surface area contributed by atoms with Gasteiger partial charge in [0.05, 0.1) is 22.3 Å². The third kappa shape index (κ3) is 3.81. The van der Waals surface area contributed by atoms with E-state index in [9.17, 15) is 24.9 Å². The fourth-order valence-electron chi connectivity index (χ4n) is 7.47. The number of nitrogens with two attached hydrogens (primary N) is 2. The van der Waals surface area contributed by atoms with Gasteiger partial charge < -0.3 is 31.7 Å². The third-order valence-electron chi connectivity index (χ3n) is 9.56. The summed E-state index contributed by atoms with van der Waals surface area (Å²) in [5.74, 6) is -2.45. The first-order chi connectivity index (χ1) is 19.6. The molecule has 11 heteroatoms. The van der Waals surface area contributed by atoms with Crippen molar-refractivity contribution in [1.29, 1.82) is 0 Å². The van der Waals surface area contributed by atoms with Gasteiger partial charge in [0.25, 0.3) is 0 Å². The molecule has 0 bridgehead atoms. The van der Waals surface area contributed by atoms with E-state index >= 15 is 0 Å². The van der Waals surface area contributed by atoms with E-state index in [-0.39, 0.29) is 34.0 Å². The first kappa shape index (κ1) is 29.6. The number of carbonyl (C=O) groups excluding carboxylic acids is 2. The number of phenolic OH excluding ortho intramolecular Hbond substituents is 1. The minimum atomic E-state index is -1.38. The molecule has 3 aliphatic rings. The van der Waals surface area contributed by atoms with E-state index in [1.54, 1.807) is 44.2 Å². The zero-order chi connectivity index (χ0) is 31.0. The van der Waals surface area contributed by atoms with Gasteiger partial charge in [-0.3, -0.25) is 14.5 Å². The quantitative estimate of drug-likeness (QED) is 0.259. The molecule has 5 rings (SSSR count). The summed E-state index contributed by atoms with van der Waals surface area (Å²) in [4.78, 5) is 35.4. The fourth-order valence-corrected chi connectivity index (χ4v) is 8.20. The van der Waals surface area contributed by atoms with Crippen LogP contribution in [-0.2, 0) is 16.0 Å². The number of ketones is 1. The average Bonchev–Trinajstić information content (AvgIpc) is 2.90. The van der Waals surface area contributed by atoms with Gasteiger partial charge in [0.1, 0.15) is 23.1 Å². The van der Waals surface area contributed by atoms with Crippen molar-refractivity contribution in [2.24, 2.45) is 23.0 Å². The number of likely N-dealkylation sites (N-methyl/N-ethyl adjacent to an activating group) is 1. The van der Waals surface area contributed by atoms with Crippen LogP contribution in [0.25, 0.3) is 16.9 Å². The summed E-state index contributed by atoms with van der Waals surface area (Å²) < 4.78 is 0. The molecule has 3 aliphatic carbocycles. The molecule has 1 saturated carbocycles. The van der Waals surface area contributed by atoms with Crippen molar-refractivity contribution in [3.05, 3.63) is 65.1 Å². The molecule has 1 aromatic heterocycles. The van der Waals surface area contributed by atoms with Crippen LogP contribution in [0.2, 0.25) is 0 Å². The summed E-state index contributed by atoms with van der Waals surface area (Å²) in [6.45, 7) is 5.62.